The molecule has 0 aliphatic rings. The molecule has 0 bridgehead atoms. The van der Waals surface area contributed by atoms with Crippen LogP contribution >= 0.6 is 7.82 Å². The lowest BCUT2D eigenvalue weighted by atomic mass is 10.0. The highest BCUT2D eigenvalue weighted by Gasteiger charge is 2.34. The van der Waals surface area contributed by atoms with E-state index < -0.39 is 13.6 Å². The quantitative estimate of drug-likeness (QED) is 0.447. The highest BCUT2D eigenvalue weighted by atomic mass is 31.2. The molecule has 15 heavy (non-hydrogen) atoms. The predicted octanol–water partition coefficient (Wildman–Crippen LogP) is 2.16. The number of unbranched alkanes of at least 4 members (excludes halogenated alkanes) is 2. The van der Waals surface area contributed by atoms with Crippen LogP contribution < -0.4 is 0 Å². The van der Waals surface area contributed by atoms with Gasteiger partial charge in [0.25, 0.3) is 0 Å². The maximum atomic E-state index is 10.7. The summed E-state index contributed by atoms with van der Waals surface area (Å²) < 4.78 is 15.1. The van der Waals surface area contributed by atoms with Crippen LogP contribution in [0.15, 0.2) is 0 Å². The molecule has 0 radical (unpaired) electrons. The van der Waals surface area contributed by atoms with Crippen LogP contribution in [0, 0.1) is 0 Å². The van der Waals surface area contributed by atoms with E-state index in [0.29, 0.717) is 12.8 Å². The number of aliphatic hydroxyl groups is 1. The van der Waals surface area contributed by atoms with E-state index in [-0.39, 0.29) is 12.8 Å². The fourth-order valence-corrected chi connectivity index (χ4v) is 1.97. The van der Waals surface area contributed by atoms with Crippen LogP contribution in [-0.4, -0.2) is 20.7 Å². The van der Waals surface area contributed by atoms with Gasteiger partial charge in [0.1, 0.15) is 0 Å². The molecule has 0 heterocycles. The summed E-state index contributed by atoms with van der Waals surface area (Å²) in [5, 5.41) is 9.89. The van der Waals surface area contributed by atoms with Gasteiger partial charge in [0.05, 0.1) is 0 Å². The second kappa shape index (κ2) is 6.61. The van der Waals surface area contributed by atoms with Gasteiger partial charge in [0.2, 0.25) is 0 Å². The summed E-state index contributed by atoms with van der Waals surface area (Å²) >= 11 is 0. The fourth-order valence-electron chi connectivity index (χ4n) is 1.34. The highest BCUT2D eigenvalue weighted by molar-refractivity contribution is 7.46. The Bertz CT molecular complexity index is 205. The van der Waals surface area contributed by atoms with Gasteiger partial charge < -0.3 is 14.9 Å². The van der Waals surface area contributed by atoms with E-state index in [1.165, 1.54) is 0 Å². The number of hydrogen-bond acceptors (Lipinski definition) is 3. The summed E-state index contributed by atoms with van der Waals surface area (Å²) in [6.45, 7) is 3.88. The van der Waals surface area contributed by atoms with E-state index >= 15 is 0 Å². The number of phosphoric acid groups is 1. The maximum absolute atomic E-state index is 10.7. The smallest absolute Gasteiger partial charge is 0.365 e. The molecule has 0 atom stereocenters. The first kappa shape index (κ1) is 15.1. The molecule has 0 saturated carbocycles. The molecule has 0 amide bonds. The van der Waals surface area contributed by atoms with Crippen molar-refractivity contribution in [3.63, 3.8) is 0 Å². The van der Waals surface area contributed by atoms with Crippen molar-refractivity contribution in [2.45, 2.75) is 58.2 Å². The molecule has 0 aromatic rings. The third-order valence-electron chi connectivity index (χ3n) is 2.13. The van der Waals surface area contributed by atoms with Gasteiger partial charge in [-0.1, -0.05) is 26.7 Å². The lowest BCUT2D eigenvalue weighted by Gasteiger charge is -2.28. The molecule has 0 unspecified atom stereocenters. The van der Waals surface area contributed by atoms with Crippen molar-refractivity contribution < 1.29 is 24.0 Å². The van der Waals surface area contributed by atoms with Crippen LogP contribution in [0.3, 0.4) is 0 Å². The van der Waals surface area contributed by atoms with Crippen LogP contribution in [0.2, 0.25) is 0 Å². The maximum Gasteiger partial charge on any atom is 0.472 e. The second-order valence-corrected chi connectivity index (χ2v) is 4.90. The van der Waals surface area contributed by atoms with E-state index in [1.807, 2.05) is 13.8 Å². The molecule has 0 saturated heterocycles. The van der Waals surface area contributed by atoms with Gasteiger partial charge >= 0.3 is 7.82 Å². The lowest BCUT2D eigenvalue weighted by molar-refractivity contribution is -0.160. The van der Waals surface area contributed by atoms with Gasteiger partial charge in [-0.25, -0.2) is 4.57 Å². The Morgan fingerprint density at radius 1 is 1.13 bits per heavy atom. The first-order valence-corrected chi connectivity index (χ1v) is 6.84. The van der Waals surface area contributed by atoms with E-state index in [1.54, 1.807) is 0 Å². The highest BCUT2D eigenvalue weighted by Crippen LogP contribution is 2.43. The molecular formula is C9H21O5P. The minimum Gasteiger partial charge on any atom is -0.365 e. The van der Waals surface area contributed by atoms with Gasteiger partial charge in [-0.2, -0.15) is 0 Å². The molecule has 0 aliphatic heterocycles. The third-order valence-corrected chi connectivity index (χ3v) is 2.71. The van der Waals surface area contributed by atoms with E-state index in [9.17, 15) is 9.67 Å². The molecule has 5 nitrogen and oxygen atoms in total. The molecule has 0 rings (SSSR count). The number of rotatable bonds is 8. The largest absolute Gasteiger partial charge is 0.472 e. The Morgan fingerprint density at radius 3 is 1.80 bits per heavy atom. The molecule has 0 spiro atoms. The minimum atomic E-state index is -4.62. The van der Waals surface area contributed by atoms with E-state index in [2.05, 4.69) is 4.52 Å². The zero-order chi connectivity index (χ0) is 11.9. The van der Waals surface area contributed by atoms with Gasteiger partial charge in [-0.05, 0) is 12.8 Å². The van der Waals surface area contributed by atoms with Crippen molar-refractivity contribution in [2.24, 2.45) is 0 Å². The Morgan fingerprint density at radius 2 is 1.53 bits per heavy atom. The molecule has 6 heteroatoms. The summed E-state index contributed by atoms with van der Waals surface area (Å²) in [7, 11) is -4.62. The summed E-state index contributed by atoms with van der Waals surface area (Å²) in [6.07, 6.45) is 3.57. The molecule has 92 valence electrons. The third kappa shape index (κ3) is 7.94. The van der Waals surface area contributed by atoms with Crippen molar-refractivity contribution in [2.75, 3.05) is 0 Å². The molecule has 0 fully saturated rings. The molecule has 3 N–H and O–H groups in total. The van der Waals surface area contributed by atoms with Crippen LogP contribution in [-0.2, 0) is 9.09 Å². The van der Waals surface area contributed by atoms with Crippen molar-refractivity contribution in [1.29, 1.82) is 0 Å². The summed E-state index contributed by atoms with van der Waals surface area (Å²) in [5.74, 6) is -1.68. The SMILES string of the molecule is CCCCC(O)(CCCC)OP(=O)(O)O. The summed E-state index contributed by atoms with van der Waals surface area (Å²) in [5.41, 5.74) is 0. The van der Waals surface area contributed by atoms with Crippen LogP contribution in [0.1, 0.15) is 52.4 Å². The van der Waals surface area contributed by atoms with Gasteiger partial charge in [-0.15, -0.1) is 0 Å². The fraction of sp³-hybridized carbons (Fsp3) is 1.00. The van der Waals surface area contributed by atoms with Crippen molar-refractivity contribution in [3.05, 3.63) is 0 Å². The summed E-state index contributed by atoms with van der Waals surface area (Å²) in [6, 6.07) is 0. The Hall–Kier alpha value is 0.0700. The first-order valence-electron chi connectivity index (χ1n) is 5.31. The summed E-state index contributed by atoms with van der Waals surface area (Å²) in [4.78, 5) is 17.4. The second-order valence-electron chi connectivity index (χ2n) is 3.74. The van der Waals surface area contributed by atoms with Gasteiger partial charge in [0.15, 0.2) is 5.79 Å². The molecule has 0 aromatic carbocycles. The predicted molar refractivity (Wildman–Crippen MR) is 57.1 cm³/mol. The average molecular weight is 240 g/mol. The van der Waals surface area contributed by atoms with Crippen molar-refractivity contribution >= 4 is 7.82 Å². The molecular weight excluding hydrogens is 219 g/mol. The normalized spacial score (nSPS) is 13.1. The monoisotopic (exact) mass is 240 g/mol. The van der Waals surface area contributed by atoms with Crippen LogP contribution in [0.4, 0.5) is 0 Å². The number of hydrogen-bond donors (Lipinski definition) is 3. The topological polar surface area (TPSA) is 87.0 Å². The van der Waals surface area contributed by atoms with Gasteiger partial charge in [-0.3, -0.25) is 4.52 Å². The van der Waals surface area contributed by atoms with Crippen LogP contribution in [0.25, 0.3) is 0 Å². The van der Waals surface area contributed by atoms with Crippen molar-refractivity contribution in [3.8, 4) is 0 Å². The molecule has 0 aromatic heterocycles. The van der Waals surface area contributed by atoms with E-state index in [4.69, 9.17) is 9.79 Å². The van der Waals surface area contributed by atoms with Crippen molar-refractivity contribution in [1.82, 2.24) is 0 Å². The molecule has 0 aliphatic carbocycles. The minimum absolute atomic E-state index is 0.259. The Balaban J connectivity index is 4.32. The Labute approximate surface area is 90.7 Å². The zero-order valence-electron chi connectivity index (χ0n) is 9.35. The Kier molecular flexibility index (Phi) is 6.64. The zero-order valence-corrected chi connectivity index (χ0v) is 10.2. The standard InChI is InChI=1S/C9H21O5P/c1-3-5-7-9(10,8-6-4-2)14-15(11,12)13/h10H,3-8H2,1-2H3,(H2,11,12,13). The van der Waals surface area contributed by atoms with Gasteiger partial charge in [0, 0.05) is 12.8 Å². The average Bonchev–Trinajstić information content (AvgIpc) is 2.09. The first-order chi connectivity index (χ1) is 6.83. The van der Waals surface area contributed by atoms with Crippen LogP contribution in [0.5, 0.6) is 0 Å². The van der Waals surface area contributed by atoms with E-state index in [0.717, 1.165) is 12.8 Å². The number of phosphoric ester groups is 1. The lowest BCUT2D eigenvalue weighted by Crippen LogP contribution is -2.31.